The second kappa shape index (κ2) is 9.61. The number of hydrogen-bond acceptors (Lipinski definition) is 5. The molecule has 0 spiro atoms. The van der Waals surface area contributed by atoms with Gasteiger partial charge >= 0.3 is 0 Å². The first-order valence-electron chi connectivity index (χ1n) is 8.73. The lowest BCUT2D eigenvalue weighted by atomic mass is 10.2. The zero-order valence-corrected chi connectivity index (χ0v) is 16.4. The first-order valence-corrected chi connectivity index (χ1v) is 9.10. The van der Waals surface area contributed by atoms with Crippen molar-refractivity contribution in [1.29, 1.82) is 0 Å². The molecule has 1 amide bonds. The number of halogens is 1. The number of nitrogens with zero attached hydrogens (tertiary/aromatic N) is 1. The van der Waals surface area contributed by atoms with Gasteiger partial charge in [0.2, 0.25) is 0 Å². The van der Waals surface area contributed by atoms with Gasteiger partial charge in [-0.25, -0.2) is 5.43 Å². The molecule has 3 aromatic carbocycles. The number of carbonyl (C=O) groups excluding carboxylic acids is 1. The highest BCUT2D eigenvalue weighted by atomic mass is 35.5. The van der Waals surface area contributed by atoms with Crippen molar-refractivity contribution in [3.8, 4) is 17.2 Å². The van der Waals surface area contributed by atoms with Gasteiger partial charge in [-0.2, -0.15) is 5.10 Å². The Bertz CT molecular complexity index is 1000. The number of carbonyl (C=O) groups is 1. The predicted octanol–water partition coefficient (Wildman–Crippen LogP) is 4.40. The topological polar surface area (TPSA) is 80.2 Å². The zero-order chi connectivity index (χ0) is 20.6. The maximum atomic E-state index is 12.0. The first-order chi connectivity index (χ1) is 14.0. The Labute approximate surface area is 173 Å². The second-order valence-corrected chi connectivity index (χ2v) is 6.51. The summed E-state index contributed by atoms with van der Waals surface area (Å²) >= 11 is 5.89. The summed E-state index contributed by atoms with van der Waals surface area (Å²) in [6.45, 7) is 0.379. The minimum absolute atomic E-state index is 0.0931. The van der Waals surface area contributed by atoms with E-state index in [1.807, 2.05) is 24.3 Å². The van der Waals surface area contributed by atoms with Gasteiger partial charge in [0, 0.05) is 10.6 Å². The maximum Gasteiger partial charge on any atom is 0.271 e. The molecule has 3 aromatic rings. The van der Waals surface area contributed by atoms with Crippen LogP contribution in [0.5, 0.6) is 17.2 Å². The summed E-state index contributed by atoms with van der Waals surface area (Å²) in [5.41, 5.74) is 4.54. The highest BCUT2D eigenvalue weighted by Gasteiger charge is 2.07. The summed E-state index contributed by atoms with van der Waals surface area (Å²) in [5, 5.41) is 13.9. The monoisotopic (exact) mass is 410 g/mol. The SMILES string of the molecule is COc1cc(C=NNC(=O)c2ccc(O)cc2)ccc1OCc1ccc(Cl)cc1. The summed E-state index contributed by atoms with van der Waals surface area (Å²) in [5.74, 6) is 0.854. The number of aromatic hydroxyl groups is 1. The number of hydrogen-bond donors (Lipinski definition) is 2. The third kappa shape index (κ3) is 5.73. The fourth-order valence-corrected chi connectivity index (χ4v) is 2.59. The zero-order valence-electron chi connectivity index (χ0n) is 15.6. The van der Waals surface area contributed by atoms with Crippen LogP contribution in [-0.4, -0.2) is 24.3 Å². The molecule has 0 aliphatic carbocycles. The lowest BCUT2D eigenvalue weighted by molar-refractivity contribution is 0.0955. The Kier molecular flexibility index (Phi) is 6.71. The Morgan fingerprint density at radius 2 is 1.79 bits per heavy atom. The van der Waals surface area contributed by atoms with Crippen molar-refractivity contribution >= 4 is 23.7 Å². The number of methoxy groups -OCH3 is 1. The quantitative estimate of drug-likeness (QED) is 0.447. The van der Waals surface area contributed by atoms with E-state index in [9.17, 15) is 9.90 Å². The smallest absolute Gasteiger partial charge is 0.271 e. The molecule has 0 radical (unpaired) electrons. The van der Waals surface area contributed by atoms with Crippen molar-refractivity contribution in [2.24, 2.45) is 5.10 Å². The number of amides is 1. The lowest BCUT2D eigenvalue weighted by Crippen LogP contribution is -2.17. The molecule has 0 fully saturated rings. The minimum Gasteiger partial charge on any atom is -0.508 e. The second-order valence-electron chi connectivity index (χ2n) is 6.07. The molecule has 0 saturated heterocycles. The predicted molar refractivity (Wildman–Crippen MR) is 112 cm³/mol. The van der Waals surface area contributed by atoms with Gasteiger partial charge in [0.15, 0.2) is 11.5 Å². The Hall–Kier alpha value is -3.51. The van der Waals surface area contributed by atoms with Gasteiger partial charge in [-0.15, -0.1) is 0 Å². The molecule has 6 nitrogen and oxygen atoms in total. The van der Waals surface area contributed by atoms with Crippen LogP contribution in [0.15, 0.2) is 71.8 Å². The van der Waals surface area contributed by atoms with E-state index in [1.54, 1.807) is 25.3 Å². The molecule has 0 heterocycles. The lowest BCUT2D eigenvalue weighted by Gasteiger charge is -2.11. The number of benzene rings is 3. The molecule has 29 heavy (non-hydrogen) atoms. The van der Waals surface area contributed by atoms with Crippen LogP contribution in [0.4, 0.5) is 0 Å². The molecule has 0 atom stereocenters. The Balaban J connectivity index is 1.61. The van der Waals surface area contributed by atoms with E-state index in [1.165, 1.54) is 30.5 Å². The molecule has 0 unspecified atom stereocenters. The number of hydrazone groups is 1. The highest BCUT2D eigenvalue weighted by Crippen LogP contribution is 2.28. The number of ether oxygens (including phenoxy) is 2. The van der Waals surface area contributed by atoms with Gasteiger partial charge < -0.3 is 14.6 Å². The molecule has 2 N–H and O–H groups in total. The molecule has 0 aliphatic heterocycles. The van der Waals surface area contributed by atoms with Crippen LogP contribution in [0.3, 0.4) is 0 Å². The number of nitrogens with one attached hydrogen (secondary N) is 1. The summed E-state index contributed by atoms with van der Waals surface area (Å²) in [6.07, 6.45) is 1.50. The van der Waals surface area contributed by atoms with E-state index in [4.69, 9.17) is 21.1 Å². The van der Waals surface area contributed by atoms with Crippen LogP contribution < -0.4 is 14.9 Å². The van der Waals surface area contributed by atoms with Crippen molar-refractivity contribution in [2.75, 3.05) is 7.11 Å². The van der Waals surface area contributed by atoms with E-state index in [2.05, 4.69) is 10.5 Å². The van der Waals surface area contributed by atoms with Gasteiger partial charge in [0.25, 0.3) is 5.91 Å². The third-order valence-electron chi connectivity index (χ3n) is 4.00. The fraction of sp³-hybridized carbons (Fsp3) is 0.0909. The summed E-state index contributed by atoms with van der Waals surface area (Å²) < 4.78 is 11.2. The number of phenols is 1. The van der Waals surface area contributed by atoms with Gasteiger partial charge in [-0.05, 0) is 65.7 Å². The average Bonchev–Trinajstić information content (AvgIpc) is 2.74. The van der Waals surface area contributed by atoms with E-state index in [-0.39, 0.29) is 11.7 Å². The Morgan fingerprint density at radius 1 is 1.07 bits per heavy atom. The van der Waals surface area contributed by atoms with E-state index in [0.717, 1.165) is 11.1 Å². The van der Waals surface area contributed by atoms with Gasteiger partial charge in [0.1, 0.15) is 12.4 Å². The van der Waals surface area contributed by atoms with E-state index < -0.39 is 0 Å². The standard InChI is InChI=1S/C22H19ClN2O4/c1-28-21-12-16(13-24-25-22(27)17-5-9-19(26)10-6-17)4-11-20(21)29-14-15-2-7-18(23)8-3-15/h2-13,26H,14H2,1H3,(H,25,27). The van der Waals surface area contributed by atoms with Crippen LogP contribution in [0.25, 0.3) is 0 Å². The van der Waals surface area contributed by atoms with Gasteiger partial charge in [0.05, 0.1) is 13.3 Å². The van der Waals surface area contributed by atoms with E-state index >= 15 is 0 Å². The summed E-state index contributed by atoms with van der Waals surface area (Å²) in [7, 11) is 1.55. The molecule has 148 valence electrons. The van der Waals surface area contributed by atoms with Gasteiger partial charge in [-0.3, -0.25) is 4.79 Å². The maximum absolute atomic E-state index is 12.0. The molecule has 3 rings (SSSR count). The average molecular weight is 411 g/mol. The third-order valence-corrected chi connectivity index (χ3v) is 4.26. The minimum atomic E-state index is -0.379. The van der Waals surface area contributed by atoms with Crippen LogP contribution in [0, 0.1) is 0 Å². The summed E-state index contributed by atoms with van der Waals surface area (Å²) in [4.78, 5) is 12.0. The largest absolute Gasteiger partial charge is 0.508 e. The Morgan fingerprint density at radius 3 is 2.48 bits per heavy atom. The van der Waals surface area contributed by atoms with Crippen molar-refractivity contribution < 1.29 is 19.4 Å². The highest BCUT2D eigenvalue weighted by molar-refractivity contribution is 6.30. The molecule has 0 aliphatic rings. The summed E-state index contributed by atoms with van der Waals surface area (Å²) in [6, 6.07) is 18.6. The van der Waals surface area contributed by atoms with Crippen LogP contribution >= 0.6 is 11.6 Å². The van der Waals surface area contributed by atoms with E-state index in [0.29, 0.717) is 28.7 Å². The molecule has 7 heteroatoms. The normalized spacial score (nSPS) is 10.7. The van der Waals surface area contributed by atoms with Crippen LogP contribution in [0.2, 0.25) is 5.02 Å². The molecule has 0 bridgehead atoms. The van der Waals surface area contributed by atoms with Crippen LogP contribution in [0.1, 0.15) is 21.5 Å². The van der Waals surface area contributed by atoms with Crippen LogP contribution in [-0.2, 0) is 6.61 Å². The first kappa shape index (κ1) is 20.2. The molecular formula is C22H19ClN2O4. The number of phenolic OH excluding ortho intramolecular Hbond substituents is 1. The van der Waals surface area contributed by atoms with Crippen molar-refractivity contribution in [2.45, 2.75) is 6.61 Å². The van der Waals surface area contributed by atoms with Crippen molar-refractivity contribution in [3.05, 3.63) is 88.4 Å². The molecular weight excluding hydrogens is 392 g/mol. The number of rotatable bonds is 7. The van der Waals surface area contributed by atoms with Crippen molar-refractivity contribution in [1.82, 2.24) is 5.43 Å². The van der Waals surface area contributed by atoms with Gasteiger partial charge in [-0.1, -0.05) is 23.7 Å². The molecule has 0 saturated carbocycles. The fourth-order valence-electron chi connectivity index (χ4n) is 2.47. The van der Waals surface area contributed by atoms with Crippen molar-refractivity contribution in [3.63, 3.8) is 0 Å². The molecule has 0 aromatic heterocycles.